The Bertz CT molecular complexity index is 1130. The Morgan fingerprint density at radius 2 is 1.84 bits per heavy atom. The summed E-state index contributed by atoms with van der Waals surface area (Å²) in [5.41, 5.74) is 0.704. The number of amides is 2. The lowest BCUT2D eigenvalue weighted by Crippen LogP contribution is -2.45. The number of nitrogens with one attached hydrogen (secondary N) is 1. The van der Waals surface area contributed by atoms with Crippen LogP contribution in [-0.2, 0) is 24.3 Å². The van der Waals surface area contributed by atoms with Crippen molar-refractivity contribution in [2.24, 2.45) is 5.92 Å². The molecule has 7 nitrogen and oxygen atoms in total. The van der Waals surface area contributed by atoms with Gasteiger partial charge in [0.1, 0.15) is 5.82 Å². The first-order chi connectivity index (χ1) is 15.7. The zero-order valence-electron chi connectivity index (χ0n) is 18.3. The molecule has 2 aliphatic rings. The molecule has 3 heterocycles. The largest absolute Gasteiger partial charge is 0.348 e. The fourth-order valence-corrected chi connectivity index (χ4v) is 4.94. The highest BCUT2D eigenvalue weighted by molar-refractivity contribution is 6.07. The molecule has 0 aliphatic carbocycles. The molecule has 0 spiro atoms. The number of carbonyl (C=O) groups is 2. The van der Waals surface area contributed by atoms with Crippen LogP contribution in [0.15, 0.2) is 42.5 Å². The Morgan fingerprint density at radius 3 is 2.78 bits per heavy atom. The maximum Gasteiger partial charge on any atom is 0.254 e. The third-order valence-electron chi connectivity index (χ3n) is 6.71. The molecule has 0 bridgehead atoms. The minimum atomic E-state index is -0.200. The summed E-state index contributed by atoms with van der Waals surface area (Å²) in [5, 5.41) is 13.7. The molecular weight excluding hydrogens is 402 g/mol. The number of benzene rings is 2. The first-order valence-corrected chi connectivity index (χ1v) is 11.7. The van der Waals surface area contributed by atoms with Crippen LogP contribution in [-0.4, -0.2) is 44.6 Å². The molecule has 7 heteroatoms. The zero-order chi connectivity index (χ0) is 21.9. The number of nitrogens with zero attached hydrogens (tertiary/aromatic N) is 4. The molecule has 1 fully saturated rings. The summed E-state index contributed by atoms with van der Waals surface area (Å²) in [5.74, 6) is 1.65. The molecule has 0 unspecified atom stereocenters. The van der Waals surface area contributed by atoms with E-state index in [9.17, 15) is 9.59 Å². The number of rotatable bonds is 4. The van der Waals surface area contributed by atoms with Crippen molar-refractivity contribution in [1.82, 2.24) is 25.0 Å². The molecular formula is C25H29N5O2. The van der Waals surface area contributed by atoms with E-state index in [0.29, 0.717) is 25.2 Å². The van der Waals surface area contributed by atoms with Crippen molar-refractivity contribution in [3.05, 3.63) is 59.7 Å². The average Bonchev–Trinajstić information content (AvgIpc) is 3.07. The number of piperidine rings is 1. The minimum absolute atomic E-state index is 0.00192. The predicted molar refractivity (Wildman–Crippen MR) is 122 cm³/mol. The zero-order valence-corrected chi connectivity index (χ0v) is 18.3. The van der Waals surface area contributed by atoms with Crippen molar-refractivity contribution in [2.45, 2.75) is 51.6 Å². The van der Waals surface area contributed by atoms with Gasteiger partial charge in [0.05, 0.1) is 12.5 Å². The molecule has 5 rings (SSSR count). The van der Waals surface area contributed by atoms with Gasteiger partial charge < -0.3 is 14.8 Å². The molecule has 166 valence electrons. The Kier molecular flexibility index (Phi) is 5.88. The fraction of sp³-hybridized carbons (Fsp3) is 0.440. The van der Waals surface area contributed by atoms with Crippen molar-refractivity contribution < 1.29 is 9.59 Å². The highest BCUT2D eigenvalue weighted by Crippen LogP contribution is 2.24. The Labute approximate surface area is 187 Å². The summed E-state index contributed by atoms with van der Waals surface area (Å²) in [6.07, 6.45) is 6.05. The quantitative estimate of drug-likeness (QED) is 0.687. The first kappa shape index (κ1) is 20.7. The molecule has 2 aromatic carbocycles. The van der Waals surface area contributed by atoms with Gasteiger partial charge in [0.15, 0.2) is 5.82 Å². The van der Waals surface area contributed by atoms with E-state index in [0.717, 1.165) is 61.1 Å². The lowest BCUT2D eigenvalue weighted by atomic mass is 9.95. The van der Waals surface area contributed by atoms with Crippen LogP contribution >= 0.6 is 0 Å². The van der Waals surface area contributed by atoms with Crippen LogP contribution in [0.5, 0.6) is 0 Å². The molecule has 1 saturated heterocycles. The molecule has 3 aromatic rings. The van der Waals surface area contributed by atoms with Crippen LogP contribution in [0, 0.1) is 5.92 Å². The number of carbonyl (C=O) groups excluding carboxylic acids is 2. The topological polar surface area (TPSA) is 80.1 Å². The highest BCUT2D eigenvalue weighted by Gasteiger charge is 2.29. The number of fused-ring (bicyclic) bond motifs is 2. The van der Waals surface area contributed by atoms with Crippen LogP contribution in [0.1, 0.15) is 54.1 Å². The van der Waals surface area contributed by atoms with Crippen molar-refractivity contribution >= 4 is 22.6 Å². The van der Waals surface area contributed by atoms with E-state index in [1.54, 1.807) is 0 Å². The summed E-state index contributed by atoms with van der Waals surface area (Å²) >= 11 is 0. The maximum absolute atomic E-state index is 13.3. The predicted octanol–water partition coefficient (Wildman–Crippen LogP) is 3.33. The molecule has 0 radical (unpaired) electrons. The number of likely N-dealkylation sites (tertiary alicyclic amines) is 1. The standard InChI is InChI=1S/C25H29N5O2/c31-24(26-16-23-28-27-22-13-2-1-5-15-30(22)23)19-10-7-14-29(17-19)25(32)21-12-6-9-18-8-3-4-11-20(18)21/h3-4,6,8-9,11-12,19H,1-2,5,7,10,13-17H2,(H,26,31)/t19-/m1/s1. The molecule has 1 aromatic heterocycles. The van der Waals surface area contributed by atoms with Gasteiger partial charge >= 0.3 is 0 Å². The first-order valence-electron chi connectivity index (χ1n) is 11.7. The van der Waals surface area contributed by atoms with Crippen LogP contribution < -0.4 is 5.32 Å². The molecule has 1 N–H and O–H groups in total. The Hall–Kier alpha value is -3.22. The van der Waals surface area contributed by atoms with E-state index in [4.69, 9.17) is 0 Å². The normalized spacial score (nSPS) is 18.8. The summed E-state index contributed by atoms with van der Waals surface area (Å²) in [6.45, 7) is 2.44. The van der Waals surface area contributed by atoms with E-state index >= 15 is 0 Å². The molecule has 0 saturated carbocycles. The van der Waals surface area contributed by atoms with Crippen molar-refractivity contribution in [2.75, 3.05) is 13.1 Å². The third-order valence-corrected chi connectivity index (χ3v) is 6.71. The average molecular weight is 432 g/mol. The van der Waals surface area contributed by atoms with Crippen molar-refractivity contribution in [3.63, 3.8) is 0 Å². The van der Waals surface area contributed by atoms with Crippen LogP contribution in [0.25, 0.3) is 10.8 Å². The number of aryl methyl sites for hydroxylation is 1. The summed E-state index contributed by atoms with van der Waals surface area (Å²) in [4.78, 5) is 28.1. The van der Waals surface area contributed by atoms with Crippen LogP contribution in [0.4, 0.5) is 0 Å². The number of hydrogen-bond donors (Lipinski definition) is 1. The van der Waals surface area contributed by atoms with Gasteiger partial charge in [-0.3, -0.25) is 9.59 Å². The van der Waals surface area contributed by atoms with E-state index in [1.165, 1.54) is 6.42 Å². The molecule has 2 aliphatic heterocycles. The van der Waals surface area contributed by atoms with Gasteiger partial charge in [0, 0.05) is 31.6 Å². The van der Waals surface area contributed by atoms with Gasteiger partial charge in [-0.05, 0) is 42.5 Å². The monoisotopic (exact) mass is 431 g/mol. The smallest absolute Gasteiger partial charge is 0.254 e. The van der Waals surface area contributed by atoms with Crippen LogP contribution in [0.3, 0.4) is 0 Å². The third kappa shape index (κ3) is 4.11. The van der Waals surface area contributed by atoms with E-state index in [1.807, 2.05) is 47.4 Å². The van der Waals surface area contributed by atoms with Gasteiger partial charge in [0.25, 0.3) is 5.91 Å². The number of aromatic nitrogens is 3. The van der Waals surface area contributed by atoms with Crippen LogP contribution in [0.2, 0.25) is 0 Å². The SMILES string of the molecule is O=C(NCc1nnc2n1CCCCC2)[C@@H]1CCCN(C(=O)c2cccc3ccccc23)C1. The summed E-state index contributed by atoms with van der Waals surface area (Å²) in [7, 11) is 0. The van der Waals surface area contributed by atoms with Gasteiger partial charge in [-0.25, -0.2) is 0 Å². The fourth-order valence-electron chi connectivity index (χ4n) is 4.94. The van der Waals surface area contributed by atoms with E-state index < -0.39 is 0 Å². The molecule has 2 amide bonds. The second kappa shape index (κ2) is 9.10. The molecule has 32 heavy (non-hydrogen) atoms. The summed E-state index contributed by atoms with van der Waals surface area (Å²) < 4.78 is 2.16. The van der Waals surface area contributed by atoms with Gasteiger partial charge in [-0.1, -0.05) is 42.8 Å². The van der Waals surface area contributed by atoms with E-state index in [2.05, 4.69) is 20.1 Å². The van der Waals surface area contributed by atoms with Crippen molar-refractivity contribution in [3.8, 4) is 0 Å². The van der Waals surface area contributed by atoms with Crippen molar-refractivity contribution in [1.29, 1.82) is 0 Å². The highest BCUT2D eigenvalue weighted by atomic mass is 16.2. The number of hydrogen-bond acceptors (Lipinski definition) is 4. The Morgan fingerprint density at radius 1 is 0.969 bits per heavy atom. The Balaban J connectivity index is 1.24. The summed E-state index contributed by atoms with van der Waals surface area (Å²) in [6, 6.07) is 13.8. The van der Waals surface area contributed by atoms with Gasteiger partial charge in [-0.2, -0.15) is 0 Å². The lowest BCUT2D eigenvalue weighted by Gasteiger charge is -2.32. The maximum atomic E-state index is 13.3. The van der Waals surface area contributed by atoms with Gasteiger partial charge in [0.2, 0.25) is 5.91 Å². The van der Waals surface area contributed by atoms with Gasteiger partial charge in [-0.15, -0.1) is 10.2 Å². The lowest BCUT2D eigenvalue weighted by molar-refractivity contribution is -0.126. The molecule has 1 atom stereocenters. The second-order valence-corrected chi connectivity index (χ2v) is 8.83. The van der Waals surface area contributed by atoms with E-state index in [-0.39, 0.29) is 17.7 Å². The second-order valence-electron chi connectivity index (χ2n) is 8.83. The minimum Gasteiger partial charge on any atom is -0.348 e.